The lowest BCUT2D eigenvalue weighted by Gasteiger charge is -2.22. The second-order valence-corrected chi connectivity index (χ2v) is 8.21. The zero-order valence-electron chi connectivity index (χ0n) is 18.8. The Hall–Kier alpha value is -3.49. The molecular formula is C25H28F2N2O5. The Morgan fingerprint density at radius 2 is 1.59 bits per heavy atom. The molecule has 2 unspecified atom stereocenters. The summed E-state index contributed by atoms with van der Waals surface area (Å²) in [5, 5.41) is 13.3. The number of fused-ring (bicyclic) bond motifs is 3. The number of amides is 2. The predicted octanol–water partition coefficient (Wildman–Crippen LogP) is 4.31. The molecule has 0 saturated carbocycles. The van der Waals surface area contributed by atoms with Gasteiger partial charge in [-0.2, -0.15) is 0 Å². The van der Waals surface area contributed by atoms with Crippen LogP contribution in [-0.4, -0.2) is 48.2 Å². The Labute approximate surface area is 196 Å². The maximum atomic E-state index is 13.1. The van der Waals surface area contributed by atoms with E-state index < -0.39 is 42.9 Å². The van der Waals surface area contributed by atoms with Crippen molar-refractivity contribution >= 4 is 18.0 Å². The first kappa shape index (κ1) is 25.1. The van der Waals surface area contributed by atoms with Crippen LogP contribution >= 0.6 is 0 Å². The molecule has 0 fully saturated rings. The van der Waals surface area contributed by atoms with Crippen molar-refractivity contribution in [3.63, 3.8) is 0 Å². The molecule has 0 heterocycles. The fourth-order valence-corrected chi connectivity index (χ4v) is 4.13. The Balaban J connectivity index is 1.65. The van der Waals surface area contributed by atoms with E-state index in [9.17, 15) is 23.2 Å². The summed E-state index contributed by atoms with van der Waals surface area (Å²) in [7, 11) is 0. The van der Waals surface area contributed by atoms with Crippen LogP contribution in [0.1, 0.15) is 49.7 Å². The van der Waals surface area contributed by atoms with E-state index in [1.807, 2.05) is 60.8 Å². The van der Waals surface area contributed by atoms with Crippen LogP contribution in [0.2, 0.25) is 0 Å². The molecule has 9 heteroatoms. The van der Waals surface area contributed by atoms with Gasteiger partial charge in [0.05, 0.1) is 6.42 Å². The molecule has 0 saturated heterocycles. The van der Waals surface area contributed by atoms with Gasteiger partial charge in [-0.25, -0.2) is 13.6 Å². The van der Waals surface area contributed by atoms with Gasteiger partial charge in [0.25, 0.3) is 6.43 Å². The Morgan fingerprint density at radius 3 is 2.12 bits per heavy atom. The SMILES string of the molecule is CCCCC(NC(=O)OCC1c2ccccc2-c2ccccc21)C(=O)NC(CC(=O)O)C(F)F. The molecule has 7 nitrogen and oxygen atoms in total. The number of nitrogens with one attached hydrogen (secondary N) is 2. The van der Waals surface area contributed by atoms with Gasteiger partial charge >= 0.3 is 12.1 Å². The number of halogens is 2. The summed E-state index contributed by atoms with van der Waals surface area (Å²) >= 11 is 0. The minimum absolute atomic E-state index is 0.0423. The van der Waals surface area contributed by atoms with Gasteiger partial charge in [-0.15, -0.1) is 0 Å². The van der Waals surface area contributed by atoms with Gasteiger partial charge in [0.2, 0.25) is 5.91 Å². The van der Waals surface area contributed by atoms with Gasteiger partial charge in [0.15, 0.2) is 0 Å². The largest absolute Gasteiger partial charge is 0.481 e. The molecule has 182 valence electrons. The zero-order chi connectivity index (χ0) is 24.7. The molecule has 0 aliphatic heterocycles. The number of carbonyl (C=O) groups excluding carboxylic acids is 2. The van der Waals surface area contributed by atoms with Crippen molar-refractivity contribution in [2.75, 3.05) is 6.61 Å². The highest BCUT2D eigenvalue weighted by atomic mass is 19.3. The van der Waals surface area contributed by atoms with E-state index in [1.54, 1.807) is 0 Å². The second kappa shape index (κ2) is 11.6. The normalized spacial score (nSPS) is 14.1. The summed E-state index contributed by atoms with van der Waals surface area (Å²) < 4.78 is 31.7. The highest BCUT2D eigenvalue weighted by Gasteiger charge is 2.31. The van der Waals surface area contributed by atoms with Crippen LogP contribution in [0.15, 0.2) is 48.5 Å². The van der Waals surface area contributed by atoms with E-state index in [0.717, 1.165) is 22.3 Å². The van der Waals surface area contributed by atoms with E-state index in [4.69, 9.17) is 9.84 Å². The topological polar surface area (TPSA) is 105 Å². The van der Waals surface area contributed by atoms with E-state index in [1.165, 1.54) is 0 Å². The van der Waals surface area contributed by atoms with Gasteiger partial charge in [-0.3, -0.25) is 9.59 Å². The molecule has 3 N–H and O–H groups in total. The van der Waals surface area contributed by atoms with Gasteiger partial charge in [0.1, 0.15) is 18.7 Å². The number of unbranched alkanes of at least 4 members (excludes halogenated alkanes) is 1. The smallest absolute Gasteiger partial charge is 0.407 e. The van der Waals surface area contributed by atoms with Crippen molar-refractivity contribution in [3.8, 4) is 11.1 Å². The van der Waals surface area contributed by atoms with Crippen LogP contribution in [0.25, 0.3) is 11.1 Å². The van der Waals surface area contributed by atoms with Crippen molar-refractivity contribution < 1.29 is 33.0 Å². The third-order valence-electron chi connectivity index (χ3n) is 5.82. The molecule has 0 spiro atoms. The van der Waals surface area contributed by atoms with E-state index in [0.29, 0.717) is 12.8 Å². The van der Waals surface area contributed by atoms with Crippen molar-refractivity contribution in [2.45, 2.75) is 57.0 Å². The number of hydrogen-bond acceptors (Lipinski definition) is 4. The highest BCUT2D eigenvalue weighted by molar-refractivity contribution is 5.86. The predicted molar refractivity (Wildman–Crippen MR) is 122 cm³/mol. The van der Waals surface area contributed by atoms with Crippen LogP contribution in [-0.2, 0) is 14.3 Å². The number of carboxylic acids is 1. The van der Waals surface area contributed by atoms with E-state index in [-0.39, 0.29) is 18.9 Å². The number of carboxylic acid groups (broad SMARTS) is 1. The Bertz CT molecular complexity index is 984. The van der Waals surface area contributed by atoms with E-state index in [2.05, 4.69) is 5.32 Å². The molecule has 0 aromatic heterocycles. The fourth-order valence-electron chi connectivity index (χ4n) is 4.13. The molecule has 3 rings (SSSR count). The van der Waals surface area contributed by atoms with E-state index >= 15 is 0 Å². The third-order valence-corrected chi connectivity index (χ3v) is 5.82. The maximum Gasteiger partial charge on any atom is 0.407 e. The minimum Gasteiger partial charge on any atom is -0.481 e. The number of benzene rings is 2. The molecule has 0 radical (unpaired) electrons. The summed E-state index contributed by atoms with van der Waals surface area (Å²) in [6.07, 6.45) is -3.35. The molecule has 34 heavy (non-hydrogen) atoms. The third kappa shape index (κ3) is 6.09. The number of alkyl carbamates (subject to hydrolysis) is 1. The standard InChI is InChI=1S/C25H28F2N2O5/c1-2-3-12-20(24(32)28-21(23(26)27)13-22(30)31)29-25(33)34-14-19-17-10-6-4-8-15(17)16-9-5-7-11-18(16)19/h4-11,19-21,23H,2-3,12-14H2,1H3,(H,28,32)(H,29,33)(H,30,31). The molecule has 1 aliphatic rings. The first-order chi connectivity index (χ1) is 16.3. The number of carbonyl (C=O) groups is 3. The number of ether oxygens (including phenoxy) is 1. The lowest BCUT2D eigenvalue weighted by molar-refractivity contribution is -0.139. The molecule has 2 aromatic rings. The van der Waals surface area contributed by atoms with Crippen molar-refractivity contribution in [1.82, 2.24) is 10.6 Å². The summed E-state index contributed by atoms with van der Waals surface area (Å²) in [4.78, 5) is 35.9. The highest BCUT2D eigenvalue weighted by Crippen LogP contribution is 2.44. The number of hydrogen-bond donors (Lipinski definition) is 3. The molecule has 2 atom stereocenters. The Kier molecular flexibility index (Phi) is 8.56. The number of alkyl halides is 2. The average Bonchev–Trinajstić information content (AvgIpc) is 3.13. The van der Waals surface area contributed by atoms with Crippen LogP contribution in [0, 0.1) is 0 Å². The first-order valence-electron chi connectivity index (χ1n) is 11.2. The summed E-state index contributed by atoms with van der Waals surface area (Å²) in [6, 6.07) is 12.7. The number of rotatable bonds is 11. The molecule has 2 amide bonds. The summed E-state index contributed by atoms with van der Waals surface area (Å²) in [6.45, 7) is 1.93. The molecule has 0 bridgehead atoms. The molecule has 2 aromatic carbocycles. The van der Waals surface area contributed by atoms with Crippen molar-refractivity contribution in [1.29, 1.82) is 0 Å². The monoisotopic (exact) mass is 474 g/mol. The van der Waals surface area contributed by atoms with Crippen LogP contribution in [0.3, 0.4) is 0 Å². The van der Waals surface area contributed by atoms with Gasteiger partial charge in [-0.1, -0.05) is 68.3 Å². The quantitative estimate of drug-likeness (QED) is 0.450. The Morgan fingerprint density at radius 1 is 1.00 bits per heavy atom. The second-order valence-electron chi connectivity index (χ2n) is 8.21. The van der Waals surface area contributed by atoms with Gasteiger partial charge in [0, 0.05) is 5.92 Å². The maximum absolute atomic E-state index is 13.1. The van der Waals surface area contributed by atoms with Crippen molar-refractivity contribution in [2.24, 2.45) is 0 Å². The fraction of sp³-hybridized carbons (Fsp3) is 0.400. The van der Waals surface area contributed by atoms with Crippen LogP contribution in [0.5, 0.6) is 0 Å². The van der Waals surface area contributed by atoms with Crippen LogP contribution < -0.4 is 10.6 Å². The minimum atomic E-state index is -3.05. The first-order valence-corrected chi connectivity index (χ1v) is 11.2. The number of aliphatic carboxylic acids is 1. The van der Waals surface area contributed by atoms with Gasteiger partial charge in [-0.05, 0) is 28.7 Å². The van der Waals surface area contributed by atoms with Gasteiger partial charge < -0.3 is 20.5 Å². The molecule has 1 aliphatic carbocycles. The lowest BCUT2D eigenvalue weighted by atomic mass is 9.98. The summed E-state index contributed by atoms with van der Waals surface area (Å²) in [5.41, 5.74) is 4.21. The van der Waals surface area contributed by atoms with Crippen molar-refractivity contribution in [3.05, 3.63) is 59.7 Å². The average molecular weight is 475 g/mol. The van der Waals surface area contributed by atoms with Crippen LogP contribution in [0.4, 0.5) is 13.6 Å². The zero-order valence-corrected chi connectivity index (χ0v) is 18.8. The summed E-state index contributed by atoms with van der Waals surface area (Å²) in [5.74, 6) is -2.49. The molecular weight excluding hydrogens is 446 g/mol. The lowest BCUT2D eigenvalue weighted by Crippen LogP contribution is -2.52.